The third kappa shape index (κ3) is 3.69. The van der Waals surface area contributed by atoms with Crippen molar-refractivity contribution in [1.29, 1.82) is 0 Å². The first-order valence-electron chi connectivity index (χ1n) is 10.2. The van der Waals surface area contributed by atoms with E-state index in [1.165, 1.54) is 37.6 Å². The van der Waals surface area contributed by atoms with Gasteiger partial charge in [-0.3, -0.25) is 0 Å². The van der Waals surface area contributed by atoms with Gasteiger partial charge >= 0.3 is 0 Å². The zero-order valence-electron chi connectivity index (χ0n) is 16.3. The summed E-state index contributed by atoms with van der Waals surface area (Å²) in [7, 11) is 0. The highest BCUT2D eigenvalue weighted by Crippen LogP contribution is 2.38. The van der Waals surface area contributed by atoms with Crippen molar-refractivity contribution in [2.75, 3.05) is 12.3 Å². The minimum absolute atomic E-state index is 0.260. The molecule has 9 heteroatoms. The first-order chi connectivity index (χ1) is 14.1. The van der Waals surface area contributed by atoms with E-state index in [0.717, 1.165) is 51.1 Å². The van der Waals surface area contributed by atoms with Crippen LogP contribution < -0.4 is 11.1 Å². The molecule has 1 saturated carbocycles. The number of halogens is 1. The Labute approximate surface area is 178 Å². The van der Waals surface area contributed by atoms with Gasteiger partial charge in [0.1, 0.15) is 5.65 Å². The van der Waals surface area contributed by atoms with Crippen molar-refractivity contribution in [3.8, 4) is 0 Å². The Morgan fingerprint density at radius 3 is 2.76 bits per heavy atom. The van der Waals surface area contributed by atoms with E-state index in [0.29, 0.717) is 17.1 Å². The number of H-pyrrole nitrogens is 1. The number of hydrogen-bond acceptors (Lipinski definition) is 7. The third-order valence-corrected chi connectivity index (χ3v) is 7.38. The van der Waals surface area contributed by atoms with E-state index in [1.807, 2.05) is 0 Å². The molecule has 3 aromatic heterocycles. The highest BCUT2D eigenvalue weighted by Gasteiger charge is 2.36. The van der Waals surface area contributed by atoms with Crippen LogP contribution in [0.3, 0.4) is 0 Å². The van der Waals surface area contributed by atoms with Gasteiger partial charge in [-0.25, -0.2) is 19.9 Å². The minimum Gasteiger partial charge on any atom is -0.368 e. The molecule has 0 radical (unpaired) electrons. The quantitative estimate of drug-likeness (QED) is 0.532. The van der Waals surface area contributed by atoms with Crippen molar-refractivity contribution in [1.82, 2.24) is 30.2 Å². The van der Waals surface area contributed by atoms with Crippen LogP contribution in [0.25, 0.3) is 11.0 Å². The molecule has 3 atom stereocenters. The standard InChI is InChI=1S/C20H24ClN7S/c1-2-13-17(21)16-15(6-10-3-4-11-7-23-14(11)5-10)27-20(28-18(16)26-13)29-12-8-24-19(22)25-9-12/h8-11,14,23H,2-7H2,1H3,(H2,22,24,25)(H,26,27,28). The van der Waals surface area contributed by atoms with Crippen LogP contribution in [0.1, 0.15) is 37.6 Å². The Kier molecular flexibility index (Phi) is 5.09. The molecule has 3 aromatic rings. The van der Waals surface area contributed by atoms with Crippen molar-refractivity contribution in [2.45, 2.75) is 55.1 Å². The number of anilines is 1. The summed E-state index contributed by atoms with van der Waals surface area (Å²) in [5.41, 5.74) is 8.46. The molecule has 0 aromatic carbocycles. The molecule has 0 amide bonds. The van der Waals surface area contributed by atoms with Crippen LogP contribution in [0.2, 0.25) is 5.02 Å². The Morgan fingerprint density at radius 1 is 1.24 bits per heavy atom. The van der Waals surface area contributed by atoms with E-state index in [9.17, 15) is 0 Å². The summed E-state index contributed by atoms with van der Waals surface area (Å²) >= 11 is 8.15. The zero-order valence-corrected chi connectivity index (χ0v) is 17.9. The molecule has 5 rings (SSSR count). The maximum absolute atomic E-state index is 6.71. The molecule has 152 valence electrons. The second-order valence-corrected chi connectivity index (χ2v) is 9.40. The van der Waals surface area contributed by atoms with Crippen LogP contribution in [-0.2, 0) is 12.8 Å². The Morgan fingerprint density at radius 2 is 2.07 bits per heavy atom. The molecule has 1 saturated heterocycles. The second kappa shape index (κ2) is 7.74. The molecule has 4 heterocycles. The average Bonchev–Trinajstić information content (AvgIpc) is 3.02. The van der Waals surface area contributed by atoms with Gasteiger partial charge in [0.05, 0.1) is 21.0 Å². The van der Waals surface area contributed by atoms with Crippen LogP contribution in [0.4, 0.5) is 5.95 Å². The summed E-state index contributed by atoms with van der Waals surface area (Å²) in [4.78, 5) is 22.0. The van der Waals surface area contributed by atoms with Gasteiger partial charge in [-0.1, -0.05) is 18.5 Å². The number of aromatic amines is 1. The lowest BCUT2D eigenvalue weighted by atomic mass is 9.72. The maximum Gasteiger partial charge on any atom is 0.219 e. The highest BCUT2D eigenvalue weighted by atomic mass is 35.5. The number of nitrogens with zero attached hydrogens (tertiary/aromatic N) is 4. The van der Waals surface area contributed by atoms with Gasteiger partial charge in [-0.15, -0.1) is 0 Å². The third-order valence-electron chi connectivity index (χ3n) is 6.15. The van der Waals surface area contributed by atoms with Gasteiger partial charge in [0.15, 0.2) is 5.16 Å². The summed E-state index contributed by atoms with van der Waals surface area (Å²) in [5.74, 6) is 1.75. The van der Waals surface area contributed by atoms with Crippen molar-refractivity contribution < 1.29 is 0 Å². The van der Waals surface area contributed by atoms with E-state index in [2.05, 4.69) is 27.2 Å². The lowest BCUT2D eigenvalue weighted by molar-refractivity contribution is 0.126. The number of hydrogen-bond donors (Lipinski definition) is 3. The first kappa shape index (κ1) is 19.1. The van der Waals surface area contributed by atoms with Crippen LogP contribution in [0.5, 0.6) is 0 Å². The van der Waals surface area contributed by atoms with Gasteiger partial charge in [0, 0.05) is 24.1 Å². The molecule has 1 aliphatic carbocycles. The smallest absolute Gasteiger partial charge is 0.219 e. The van der Waals surface area contributed by atoms with Crippen molar-refractivity contribution in [3.05, 3.63) is 28.8 Å². The predicted octanol–water partition coefficient (Wildman–Crippen LogP) is 3.63. The minimum atomic E-state index is 0.260. The SMILES string of the molecule is CCc1[nH]c2nc(Sc3cnc(N)nc3)nc(CC3CCC4CNC4C3)c2c1Cl. The number of nitrogens with two attached hydrogens (primary N) is 1. The van der Waals surface area contributed by atoms with E-state index in [1.54, 1.807) is 12.4 Å². The molecule has 29 heavy (non-hydrogen) atoms. The van der Waals surface area contributed by atoms with Crippen LogP contribution >= 0.6 is 23.4 Å². The number of fused-ring (bicyclic) bond motifs is 2. The lowest BCUT2D eigenvalue weighted by Crippen LogP contribution is -2.55. The van der Waals surface area contributed by atoms with E-state index in [4.69, 9.17) is 27.3 Å². The maximum atomic E-state index is 6.71. The summed E-state index contributed by atoms with van der Waals surface area (Å²) < 4.78 is 0. The molecule has 2 fully saturated rings. The Balaban J connectivity index is 1.49. The summed E-state index contributed by atoms with van der Waals surface area (Å²) in [6, 6.07) is 0.680. The number of rotatable bonds is 5. The number of aromatic nitrogens is 5. The van der Waals surface area contributed by atoms with Crippen molar-refractivity contribution in [2.24, 2.45) is 11.8 Å². The lowest BCUT2D eigenvalue weighted by Gasteiger charge is -2.44. The van der Waals surface area contributed by atoms with Crippen LogP contribution in [-0.4, -0.2) is 37.5 Å². The monoisotopic (exact) mass is 429 g/mol. The van der Waals surface area contributed by atoms with Gasteiger partial charge in [0.25, 0.3) is 0 Å². The van der Waals surface area contributed by atoms with Gasteiger partial charge in [0.2, 0.25) is 5.95 Å². The fourth-order valence-corrected chi connectivity index (χ4v) is 5.59. The molecule has 3 unspecified atom stereocenters. The largest absolute Gasteiger partial charge is 0.368 e. The summed E-state index contributed by atoms with van der Waals surface area (Å²) in [5, 5.41) is 6.00. The van der Waals surface area contributed by atoms with Crippen molar-refractivity contribution >= 4 is 40.3 Å². The Hall–Kier alpha value is -1.90. The van der Waals surface area contributed by atoms with Crippen molar-refractivity contribution in [3.63, 3.8) is 0 Å². The molecule has 1 aliphatic heterocycles. The molecular weight excluding hydrogens is 406 g/mol. The first-order valence-corrected chi connectivity index (χ1v) is 11.4. The summed E-state index contributed by atoms with van der Waals surface area (Å²) in [6.45, 7) is 3.28. The molecule has 4 N–H and O–H groups in total. The van der Waals surface area contributed by atoms with Gasteiger partial charge < -0.3 is 16.0 Å². The van der Waals surface area contributed by atoms with Gasteiger partial charge in [-0.05, 0) is 62.2 Å². The second-order valence-electron chi connectivity index (χ2n) is 7.98. The highest BCUT2D eigenvalue weighted by molar-refractivity contribution is 7.99. The zero-order chi connectivity index (χ0) is 20.0. The van der Waals surface area contributed by atoms with E-state index < -0.39 is 0 Å². The Bertz CT molecular complexity index is 1040. The van der Waals surface area contributed by atoms with E-state index in [-0.39, 0.29) is 5.95 Å². The van der Waals surface area contributed by atoms with Crippen LogP contribution in [0.15, 0.2) is 22.4 Å². The molecule has 0 bridgehead atoms. The molecule has 2 aliphatic rings. The van der Waals surface area contributed by atoms with Gasteiger partial charge in [-0.2, -0.15) is 0 Å². The molecular formula is C20H24ClN7S. The van der Waals surface area contributed by atoms with E-state index >= 15 is 0 Å². The average molecular weight is 430 g/mol. The number of nitrogen functional groups attached to an aromatic ring is 1. The molecule has 0 spiro atoms. The normalized spacial score (nSPS) is 23.7. The topological polar surface area (TPSA) is 105 Å². The number of aryl methyl sites for hydroxylation is 1. The fraction of sp³-hybridized carbons (Fsp3) is 0.500. The fourth-order valence-electron chi connectivity index (χ4n) is 4.49. The summed E-state index contributed by atoms with van der Waals surface area (Å²) in [6.07, 6.45) is 8.93. The molecule has 7 nitrogen and oxygen atoms in total. The number of nitrogens with one attached hydrogen (secondary N) is 2. The predicted molar refractivity (Wildman–Crippen MR) is 115 cm³/mol. The van der Waals surface area contributed by atoms with Crippen LogP contribution in [0, 0.1) is 11.8 Å².